The van der Waals surface area contributed by atoms with E-state index in [0.29, 0.717) is 17.5 Å². The van der Waals surface area contributed by atoms with Crippen LogP contribution in [0.1, 0.15) is 0 Å². The van der Waals surface area contributed by atoms with Gasteiger partial charge in [-0.05, 0) is 86.9 Å². The van der Waals surface area contributed by atoms with Gasteiger partial charge in [0, 0.05) is 32.8 Å². The van der Waals surface area contributed by atoms with Gasteiger partial charge in [0.2, 0.25) is 0 Å². The summed E-state index contributed by atoms with van der Waals surface area (Å²) in [6, 6.07) is 62.7. The third kappa shape index (κ3) is 5.17. The molecular formula is C47H27N3O. The van der Waals surface area contributed by atoms with Gasteiger partial charge in [0.1, 0.15) is 11.2 Å². The van der Waals surface area contributed by atoms with Gasteiger partial charge in [-0.2, -0.15) is 0 Å². The van der Waals surface area contributed by atoms with E-state index < -0.39 is 0 Å². The quantitative estimate of drug-likeness (QED) is 0.186. The molecule has 51 heavy (non-hydrogen) atoms. The molecule has 10 aromatic rings. The number of para-hydroxylation sites is 1. The van der Waals surface area contributed by atoms with Crippen molar-refractivity contribution in [3.63, 3.8) is 0 Å². The van der Waals surface area contributed by atoms with Crippen molar-refractivity contribution in [2.75, 3.05) is 0 Å². The third-order valence-electron chi connectivity index (χ3n) is 9.53. The maximum atomic E-state index is 6.50. The van der Waals surface area contributed by atoms with Crippen molar-refractivity contribution in [3.05, 3.63) is 176 Å². The second kappa shape index (κ2) is 11.8. The van der Waals surface area contributed by atoms with Gasteiger partial charge in [0.25, 0.3) is 0 Å². The van der Waals surface area contributed by atoms with Crippen LogP contribution in [-0.4, -0.2) is 15.0 Å². The van der Waals surface area contributed by atoms with Gasteiger partial charge in [-0.1, -0.05) is 127 Å². The number of benzene rings is 7. The van der Waals surface area contributed by atoms with E-state index in [2.05, 4.69) is 115 Å². The molecule has 0 N–H and O–H groups in total. The molecule has 2 aromatic heterocycles. The summed E-state index contributed by atoms with van der Waals surface area (Å²) in [7, 11) is 0. The molecule has 0 unspecified atom stereocenters. The first kappa shape index (κ1) is 28.9. The van der Waals surface area contributed by atoms with Crippen molar-refractivity contribution in [2.45, 2.75) is 0 Å². The summed E-state index contributed by atoms with van der Waals surface area (Å²) in [4.78, 5) is 15.4. The number of rotatable bonds is 5. The van der Waals surface area contributed by atoms with Crippen molar-refractivity contribution in [1.29, 1.82) is 0 Å². The Kier molecular flexibility index (Phi) is 6.68. The first-order valence-electron chi connectivity index (χ1n) is 16.9. The summed E-state index contributed by atoms with van der Waals surface area (Å²) < 4.78 is 6.50. The number of furan rings is 1. The Balaban J connectivity index is 1.19. The number of fused-ring (bicyclic) bond motifs is 5. The lowest BCUT2D eigenvalue weighted by molar-refractivity contribution is 0.669. The minimum atomic E-state index is 0.581. The highest BCUT2D eigenvalue weighted by atomic mass is 16.3. The molecule has 4 heteroatoms. The smallest absolute Gasteiger partial charge is 0.164 e. The highest BCUT2D eigenvalue weighted by molar-refractivity contribution is 6.13. The summed E-state index contributed by atoms with van der Waals surface area (Å²) in [6.07, 6.45) is 0. The predicted octanol–water partition coefficient (Wildman–Crippen LogP) is 12.0. The topological polar surface area (TPSA) is 51.8 Å². The number of hydrogen-bond donors (Lipinski definition) is 0. The van der Waals surface area contributed by atoms with E-state index in [4.69, 9.17) is 19.4 Å². The van der Waals surface area contributed by atoms with Crippen LogP contribution in [0.3, 0.4) is 0 Å². The summed E-state index contributed by atoms with van der Waals surface area (Å²) in [5, 5.41) is 6.37. The van der Waals surface area contributed by atoms with Crippen molar-refractivity contribution in [1.82, 2.24) is 15.0 Å². The molecule has 0 fully saturated rings. The van der Waals surface area contributed by atoms with E-state index in [-0.39, 0.29) is 0 Å². The second-order valence-electron chi connectivity index (χ2n) is 12.7. The van der Waals surface area contributed by atoms with Crippen LogP contribution in [0.2, 0.25) is 0 Å². The van der Waals surface area contributed by atoms with Crippen LogP contribution in [0.25, 0.3) is 99.9 Å². The van der Waals surface area contributed by atoms with Gasteiger partial charge >= 0.3 is 0 Å². The molecule has 236 valence electrons. The van der Waals surface area contributed by atoms with Crippen molar-refractivity contribution < 1.29 is 4.42 Å². The van der Waals surface area contributed by atoms with Crippen LogP contribution in [0.4, 0.5) is 0 Å². The summed E-state index contributed by atoms with van der Waals surface area (Å²) in [6.45, 7) is 0. The van der Waals surface area contributed by atoms with Crippen molar-refractivity contribution in [2.24, 2.45) is 0 Å². The molecule has 0 radical (unpaired) electrons. The molecule has 8 aromatic carbocycles. The molecule has 0 aliphatic rings. The SMILES string of the molecule is c1ccc2ccc(-c3cc(-c4nc(-c5ccccc5)nc(-c5ccc6cc(-c7ccccc7)ccc6c5)n4)c4c(c3)oc3ccccc34)cc2c#1. The Labute approximate surface area is 294 Å². The Morgan fingerprint density at radius 3 is 1.84 bits per heavy atom. The van der Waals surface area contributed by atoms with E-state index in [1.165, 1.54) is 11.1 Å². The molecule has 4 nitrogen and oxygen atoms in total. The van der Waals surface area contributed by atoms with Crippen LogP contribution < -0.4 is 0 Å². The largest absolute Gasteiger partial charge is 0.456 e. The Morgan fingerprint density at radius 2 is 1.04 bits per heavy atom. The van der Waals surface area contributed by atoms with Gasteiger partial charge in [-0.3, -0.25) is 0 Å². The minimum absolute atomic E-state index is 0.581. The zero-order chi connectivity index (χ0) is 33.7. The molecule has 0 saturated carbocycles. The third-order valence-corrected chi connectivity index (χ3v) is 9.53. The first-order chi connectivity index (χ1) is 25.2. The molecule has 0 spiro atoms. The number of hydrogen-bond acceptors (Lipinski definition) is 4. The van der Waals surface area contributed by atoms with Crippen LogP contribution >= 0.6 is 0 Å². The first-order valence-corrected chi connectivity index (χ1v) is 16.9. The maximum Gasteiger partial charge on any atom is 0.164 e. The van der Waals surface area contributed by atoms with Crippen LogP contribution in [-0.2, 0) is 0 Å². The molecular weight excluding hydrogens is 623 g/mol. The Morgan fingerprint density at radius 1 is 0.412 bits per heavy atom. The molecule has 0 aliphatic carbocycles. The average molecular weight is 650 g/mol. The van der Waals surface area contributed by atoms with Crippen LogP contribution in [0, 0.1) is 12.1 Å². The molecule has 10 rings (SSSR count). The van der Waals surface area contributed by atoms with E-state index in [9.17, 15) is 0 Å². The van der Waals surface area contributed by atoms with Gasteiger partial charge in [0.15, 0.2) is 17.5 Å². The summed E-state index contributed by atoms with van der Waals surface area (Å²) in [5.74, 6) is 1.80. The Bertz CT molecular complexity index is 2910. The molecule has 0 aliphatic heterocycles. The lowest BCUT2D eigenvalue weighted by Gasteiger charge is -2.12. The highest BCUT2D eigenvalue weighted by Crippen LogP contribution is 2.40. The van der Waals surface area contributed by atoms with Crippen molar-refractivity contribution >= 4 is 43.5 Å². The van der Waals surface area contributed by atoms with Crippen LogP contribution in [0.5, 0.6) is 0 Å². The van der Waals surface area contributed by atoms with Gasteiger partial charge in [-0.15, -0.1) is 0 Å². The standard InChI is InChI=1S/C47H27N3O/c1-3-11-30(12-4-1)34-21-22-36-27-38(24-23-35(36)26-34)46-48-45(32-14-5-2-6-15-32)49-47(50-46)41-28-39(37-20-19-31-13-7-8-16-33(31)25-37)29-43-44(41)40-17-9-10-18-42(40)51-43/h1-7,9-15,17-29H. The Hall–Kier alpha value is -7.09. The van der Waals surface area contributed by atoms with Gasteiger partial charge < -0.3 is 4.42 Å². The van der Waals surface area contributed by atoms with Gasteiger partial charge in [0.05, 0.1) is 0 Å². The van der Waals surface area contributed by atoms with E-state index in [1.807, 2.05) is 60.7 Å². The normalized spacial score (nSPS) is 11.4. The average Bonchev–Trinajstić information content (AvgIpc) is 3.59. The highest BCUT2D eigenvalue weighted by Gasteiger charge is 2.20. The summed E-state index contributed by atoms with van der Waals surface area (Å²) in [5.41, 5.74) is 8.72. The fourth-order valence-electron chi connectivity index (χ4n) is 6.97. The number of aromatic nitrogens is 3. The predicted molar refractivity (Wildman–Crippen MR) is 207 cm³/mol. The maximum absolute atomic E-state index is 6.50. The van der Waals surface area contributed by atoms with E-state index in [0.717, 1.165) is 71.3 Å². The molecule has 0 atom stereocenters. The monoisotopic (exact) mass is 649 g/mol. The fourth-order valence-corrected chi connectivity index (χ4v) is 6.97. The molecule has 0 amide bonds. The second-order valence-corrected chi connectivity index (χ2v) is 12.7. The van der Waals surface area contributed by atoms with Crippen molar-refractivity contribution in [3.8, 4) is 56.4 Å². The van der Waals surface area contributed by atoms with E-state index >= 15 is 0 Å². The minimum Gasteiger partial charge on any atom is -0.456 e. The molecule has 0 bridgehead atoms. The van der Waals surface area contributed by atoms with Gasteiger partial charge in [-0.25, -0.2) is 15.0 Å². The summed E-state index contributed by atoms with van der Waals surface area (Å²) >= 11 is 0. The lowest BCUT2D eigenvalue weighted by Crippen LogP contribution is -2.00. The van der Waals surface area contributed by atoms with Crippen LogP contribution in [0.15, 0.2) is 168 Å². The molecule has 0 saturated heterocycles. The fraction of sp³-hybridized carbons (Fsp3) is 0. The number of nitrogens with zero attached hydrogens (tertiary/aromatic N) is 3. The zero-order valence-corrected chi connectivity index (χ0v) is 27.3. The van der Waals surface area contributed by atoms with E-state index in [1.54, 1.807) is 0 Å². The zero-order valence-electron chi connectivity index (χ0n) is 27.3. The molecule has 2 heterocycles. The lowest BCUT2D eigenvalue weighted by atomic mass is 9.96.